The number of aromatic nitrogens is 3. The van der Waals surface area contributed by atoms with E-state index in [2.05, 4.69) is 15.4 Å². The van der Waals surface area contributed by atoms with Gasteiger partial charge in [0.15, 0.2) is 5.69 Å². The number of rotatable bonds is 5. The molecule has 4 rings (SSSR count). The van der Waals surface area contributed by atoms with E-state index in [-0.39, 0.29) is 17.2 Å². The summed E-state index contributed by atoms with van der Waals surface area (Å²) in [6, 6.07) is 16.4. The molecule has 0 aliphatic rings. The number of pyridine rings is 1. The van der Waals surface area contributed by atoms with Gasteiger partial charge in [0.1, 0.15) is 0 Å². The molecule has 6 heteroatoms. The highest BCUT2D eigenvalue weighted by Crippen LogP contribution is 2.23. The molecule has 0 saturated heterocycles. The minimum absolute atomic E-state index is 0.171. The number of anilines is 1. The van der Waals surface area contributed by atoms with Crippen LogP contribution in [0.5, 0.6) is 0 Å². The Bertz CT molecular complexity index is 1220. The monoisotopic (exact) mass is 372 g/mol. The Morgan fingerprint density at radius 2 is 1.79 bits per heavy atom. The molecule has 6 nitrogen and oxygen atoms in total. The minimum Gasteiger partial charge on any atom is -0.320 e. The molecular weight excluding hydrogens is 352 g/mol. The number of benzene rings is 2. The average Bonchev–Trinajstić information content (AvgIpc) is 2.73. The average molecular weight is 372 g/mol. The highest BCUT2D eigenvalue weighted by Gasteiger charge is 2.17. The van der Waals surface area contributed by atoms with Crippen molar-refractivity contribution in [3.05, 3.63) is 76.8 Å². The van der Waals surface area contributed by atoms with E-state index in [1.165, 1.54) is 4.68 Å². The number of unbranched alkanes of at least 4 members (excludes halogenated alkanes) is 1. The third-order valence-corrected chi connectivity index (χ3v) is 4.70. The van der Waals surface area contributed by atoms with E-state index in [1.807, 2.05) is 37.3 Å². The topological polar surface area (TPSA) is 76.9 Å². The van der Waals surface area contributed by atoms with E-state index in [0.717, 1.165) is 23.7 Å². The van der Waals surface area contributed by atoms with Gasteiger partial charge >= 0.3 is 0 Å². The standard InChI is InChI=1S/C22H20N4O2/c1-2-3-14-26-22(28)16-9-5-4-8-15(16)20(25-26)21(27)24-19-12-6-11-18-17(19)10-7-13-23-18/h4-13H,2-3,14H2,1H3,(H,24,27). The molecule has 28 heavy (non-hydrogen) atoms. The molecule has 0 aliphatic heterocycles. The van der Waals surface area contributed by atoms with E-state index in [9.17, 15) is 9.59 Å². The van der Waals surface area contributed by atoms with Crippen LogP contribution >= 0.6 is 0 Å². The molecule has 4 aromatic rings. The molecule has 0 atom stereocenters. The van der Waals surface area contributed by atoms with Crippen LogP contribution in [0, 0.1) is 0 Å². The van der Waals surface area contributed by atoms with Crippen molar-refractivity contribution in [1.82, 2.24) is 14.8 Å². The number of carbonyl (C=O) groups is 1. The zero-order valence-electron chi connectivity index (χ0n) is 15.6. The number of carbonyl (C=O) groups excluding carboxylic acids is 1. The smallest absolute Gasteiger partial charge is 0.276 e. The van der Waals surface area contributed by atoms with E-state index in [1.54, 1.807) is 30.5 Å². The summed E-state index contributed by atoms with van der Waals surface area (Å²) in [4.78, 5) is 30.1. The van der Waals surface area contributed by atoms with Gasteiger partial charge in [-0.3, -0.25) is 14.6 Å². The van der Waals surface area contributed by atoms with Crippen LogP contribution in [0.25, 0.3) is 21.7 Å². The molecule has 0 spiro atoms. The van der Waals surface area contributed by atoms with E-state index < -0.39 is 0 Å². The van der Waals surface area contributed by atoms with Gasteiger partial charge in [-0.1, -0.05) is 37.6 Å². The summed E-state index contributed by atoms with van der Waals surface area (Å²) < 4.78 is 1.39. The Labute approximate surface area is 161 Å². The second kappa shape index (κ2) is 7.60. The van der Waals surface area contributed by atoms with Crippen molar-refractivity contribution in [1.29, 1.82) is 0 Å². The summed E-state index contributed by atoms with van der Waals surface area (Å²) in [6.45, 7) is 2.53. The van der Waals surface area contributed by atoms with Crippen molar-refractivity contribution in [3.63, 3.8) is 0 Å². The van der Waals surface area contributed by atoms with Crippen molar-refractivity contribution in [2.45, 2.75) is 26.3 Å². The summed E-state index contributed by atoms with van der Waals surface area (Å²) >= 11 is 0. The number of hydrogen-bond donors (Lipinski definition) is 1. The third kappa shape index (κ3) is 3.24. The number of nitrogens with zero attached hydrogens (tertiary/aromatic N) is 3. The van der Waals surface area contributed by atoms with Crippen LogP contribution in [0.4, 0.5) is 5.69 Å². The maximum atomic E-state index is 13.1. The Balaban J connectivity index is 1.80. The van der Waals surface area contributed by atoms with Crippen LogP contribution in [-0.4, -0.2) is 20.7 Å². The predicted molar refractivity (Wildman–Crippen MR) is 111 cm³/mol. The number of aryl methyl sites for hydroxylation is 1. The third-order valence-electron chi connectivity index (χ3n) is 4.70. The Hall–Kier alpha value is -3.54. The largest absolute Gasteiger partial charge is 0.320 e. The van der Waals surface area contributed by atoms with Crippen LogP contribution in [0.2, 0.25) is 0 Å². The maximum Gasteiger partial charge on any atom is 0.276 e. The van der Waals surface area contributed by atoms with Crippen LogP contribution < -0.4 is 10.9 Å². The van der Waals surface area contributed by atoms with E-state index in [0.29, 0.717) is 23.0 Å². The second-order valence-electron chi connectivity index (χ2n) is 6.61. The second-order valence-corrected chi connectivity index (χ2v) is 6.61. The van der Waals surface area contributed by atoms with Crippen LogP contribution in [-0.2, 0) is 6.54 Å². The summed E-state index contributed by atoms with van der Waals surface area (Å²) in [6.07, 6.45) is 3.47. The molecule has 2 heterocycles. The molecule has 1 amide bonds. The fourth-order valence-electron chi connectivity index (χ4n) is 3.26. The van der Waals surface area contributed by atoms with E-state index >= 15 is 0 Å². The fraction of sp³-hybridized carbons (Fsp3) is 0.182. The van der Waals surface area contributed by atoms with Crippen molar-refractivity contribution >= 4 is 33.3 Å². The van der Waals surface area contributed by atoms with Crippen LogP contribution in [0.3, 0.4) is 0 Å². The lowest BCUT2D eigenvalue weighted by molar-refractivity contribution is 0.102. The summed E-state index contributed by atoms with van der Waals surface area (Å²) in [5.41, 5.74) is 1.53. The highest BCUT2D eigenvalue weighted by atomic mass is 16.2. The quantitative estimate of drug-likeness (QED) is 0.574. The molecule has 1 N–H and O–H groups in total. The molecule has 0 aliphatic carbocycles. The summed E-state index contributed by atoms with van der Waals surface area (Å²) in [5, 5.41) is 9.23. The predicted octanol–water partition coefficient (Wildman–Crippen LogP) is 4.00. The molecule has 0 radical (unpaired) electrons. The van der Waals surface area contributed by atoms with Gasteiger partial charge in [-0.25, -0.2) is 4.68 Å². The lowest BCUT2D eigenvalue weighted by atomic mass is 10.1. The van der Waals surface area contributed by atoms with Gasteiger partial charge in [0.2, 0.25) is 0 Å². The van der Waals surface area contributed by atoms with Gasteiger partial charge in [-0.2, -0.15) is 5.10 Å². The molecular formula is C22H20N4O2. The zero-order chi connectivity index (χ0) is 19.5. The molecule has 0 saturated carbocycles. The van der Waals surface area contributed by atoms with Gasteiger partial charge in [0.05, 0.1) is 16.6 Å². The van der Waals surface area contributed by atoms with Crippen LogP contribution in [0.1, 0.15) is 30.3 Å². The van der Waals surface area contributed by atoms with Crippen molar-refractivity contribution in [2.75, 3.05) is 5.32 Å². The van der Waals surface area contributed by atoms with Crippen molar-refractivity contribution in [2.24, 2.45) is 0 Å². The normalized spacial score (nSPS) is 11.0. The lowest BCUT2D eigenvalue weighted by Crippen LogP contribution is -2.27. The van der Waals surface area contributed by atoms with Gasteiger partial charge in [0, 0.05) is 23.5 Å². The molecule has 0 fully saturated rings. The first kappa shape index (κ1) is 17.9. The lowest BCUT2D eigenvalue weighted by Gasteiger charge is -2.12. The molecule has 140 valence electrons. The van der Waals surface area contributed by atoms with Gasteiger partial charge in [0.25, 0.3) is 11.5 Å². The molecule has 2 aromatic heterocycles. The SMILES string of the molecule is CCCCn1nc(C(=O)Nc2cccc3ncccc23)c2ccccc2c1=O. The van der Waals surface area contributed by atoms with Gasteiger partial charge < -0.3 is 5.32 Å². The van der Waals surface area contributed by atoms with Gasteiger partial charge in [-0.15, -0.1) is 0 Å². The summed E-state index contributed by atoms with van der Waals surface area (Å²) in [7, 11) is 0. The zero-order valence-corrected chi connectivity index (χ0v) is 15.6. The molecule has 0 unspecified atom stereocenters. The number of fused-ring (bicyclic) bond motifs is 2. The first-order chi connectivity index (χ1) is 13.7. The Kier molecular flexibility index (Phi) is 4.85. The maximum absolute atomic E-state index is 13.1. The van der Waals surface area contributed by atoms with Crippen LogP contribution in [0.15, 0.2) is 65.6 Å². The molecule has 2 aromatic carbocycles. The first-order valence-corrected chi connectivity index (χ1v) is 9.34. The number of hydrogen-bond acceptors (Lipinski definition) is 4. The number of amides is 1. The first-order valence-electron chi connectivity index (χ1n) is 9.34. The van der Waals surface area contributed by atoms with Crippen molar-refractivity contribution < 1.29 is 4.79 Å². The minimum atomic E-state index is -0.349. The highest BCUT2D eigenvalue weighted by molar-refractivity contribution is 6.13. The van der Waals surface area contributed by atoms with Gasteiger partial charge in [-0.05, 0) is 36.8 Å². The summed E-state index contributed by atoms with van der Waals surface area (Å²) in [5.74, 6) is -0.349. The number of nitrogens with one attached hydrogen (secondary N) is 1. The van der Waals surface area contributed by atoms with Crippen molar-refractivity contribution in [3.8, 4) is 0 Å². The Morgan fingerprint density at radius 3 is 2.61 bits per heavy atom. The Morgan fingerprint density at radius 1 is 1.00 bits per heavy atom. The molecule has 0 bridgehead atoms. The fourth-order valence-corrected chi connectivity index (χ4v) is 3.26. The van der Waals surface area contributed by atoms with E-state index in [4.69, 9.17) is 0 Å².